The molecule has 1 aromatic heterocycles. The molecule has 9 heteroatoms. The number of nitrogens with zero attached hydrogens (tertiary/aromatic N) is 3. The quantitative estimate of drug-likeness (QED) is 0.665. The zero-order chi connectivity index (χ0) is 24.0. The average Bonchev–Trinajstić information content (AvgIpc) is 3.09. The van der Waals surface area contributed by atoms with Crippen LogP contribution in [-0.2, 0) is 21.4 Å². The van der Waals surface area contributed by atoms with Crippen molar-refractivity contribution in [2.24, 2.45) is 13.0 Å². The fourth-order valence-corrected chi connectivity index (χ4v) is 6.15. The van der Waals surface area contributed by atoms with Gasteiger partial charge in [0.2, 0.25) is 11.8 Å². The second-order valence-corrected chi connectivity index (χ2v) is 10.1. The third kappa shape index (κ3) is 4.06. The Labute approximate surface area is 197 Å². The van der Waals surface area contributed by atoms with Crippen LogP contribution in [0.3, 0.4) is 0 Å². The van der Waals surface area contributed by atoms with Crippen molar-refractivity contribution in [3.8, 4) is 0 Å². The first-order valence-corrected chi connectivity index (χ1v) is 12.3. The number of nitrogens with one attached hydrogen (secondary N) is 1. The number of aryl methyl sites for hydroxylation is 1. The van der Waals surface area contributed by atoms with E-state index in [-0.39, 0.29) is 23.9 Å². The highest BCUT2D eigenvalue weighted by Crippen LogP contribution is 2.35. The highest BCUT2D eigenvalue weighted by Gasteiger charge is 2.33. The minimum absolute atomic E-state index is 0.181. The highest BCUT2D eigenvalue weighted by atomic mass is 16.4. The molecular formula is C25H32N4O5. The number of fused-ring (bicyclic) bond motifs is 1. The largest absolute Gasteiger partial charge is 0.481 e. The van der Waals surface area contributed by atoms with Crippen LogP contribution in [0.5, 0.6) is 0 Å². The fourth-order valence-electron chi connectivity index (χ4n) is 6.15. The van der Waals surface area contributed by atoms with Gasteiger partial charge in [-0.2, -0.15) is 0 Å². The van der Waals surface area contributed by atoms with Crippen molar-refractivity contribution >= 4 is 28.8 Å². The van der Waals surface area contributed by atoms with Crippen LogP contribution in [-0.4, -0.2) is 56.1 Å². The van der Waals surface area contributed by atoms with E-state index in [2.05, 4.69) is 22.3 Å². The van der Waals surface area contributed by atoms with Crippen molar-refractivity contribution < 1.29 is 19.5 Å². The molecule has 2 N–H and O–H groups in total. The summed E-state index contributed by atoms with van der Waals surface area (Å²) in [4.78, 5) is 50.7. The second-order valence-electron chi connectivity index (χ2n) is 10.1. The Morgan fingerprint density at radius 3 is 2.32 bits per heavy atom. The van der Waals surface area contributed by atoms with Crippen LogP contribution in [0.4, 0.5) is 0 Å². The molecule has 0 bridgehead atoms. The van der Waals surface area contributed by atoms with E-state index in [4.69, 9.17) is 0 Å². The van der Waals surface area contributed by atoms with Crippen LogP contribution in [0.1, 0.15) is 68.9 Å². The molecule has 1 unspecified atom stereocenters. The third-order valence-electron chi connectivity index (χ3n) is 8.20. The molecule has 182 valence electrons. The maximum Gasteiger partial charge on any atom is 0.329 e. The number of hydrogen-bond acceptors (Lipinski definition) is 5. The number of hydrogen-bond donors (Lipinski definition) is 2. The van der Waals surface area contributed by atoms with E-state index in [1.54, 1.807) is 11.6 Å². The number of imide groups is 1. The maximum atomic E-state index is 13.0. The van der Waals surface area contributed by atoms with Gasteiger partial charge in [0.25, 0.3) is 0 Å². The van der Waals surface area contributed by atoms with E-state index in [1.165, 1.54) is 10.1 Å². The van der Waals surface area contributed by atoms with Gasteiger partial charge in [0, 0.05) is 19.5 Å². The summed E-state index contributed by atoms with van der Waals surface area (Å²) in [5, 5.41) is 11.6. The number of piperidine rings is 2. The molecule has 9 nitrogen and oxygen atoms in total. The van der Waals surface area contributed by atoms with E-state index in [9.17, 15) is 24.3 Å². The summed E-state index contributed by atoms with van der Waals surface area (Å²) < 4.78 is 3.12. The first-order chi connectivity index (χ1) is 16.3. The Morgan fingerprint density at radius 2 is 1.68 bits per heavy atom. The van der Waals surface area contributed by atoms with E-state index in [0.29, 0.717) is 18.4 Å². The monoisotopic (exact) mass is 468 g/mol. The summed E-state index contributed by atoms with van der Waals surface area (Å²) in [6.45, 7) is 2.00. The van der Waals surface area contributed by atoms with E-state index in [1.807, 2.05) is 6.07 Å². The summed E-state index contributed by atoms with van der Waals surface area (Å²) in [6, 6.07) is 5.91. The minimum atomic E-state index is -0.667. The van der Waals surface area contributed by atoms with Gasteiger partial charge in [0.15, 0.2) is 0 Å². The van der Waals surface area contributed by atoms with Gasteiger partial charge in [0.1, 0.15) is 6.04 Å². The number of carboxylic acid groups (broad SMARTS) is 1. The fraction of sp³-hybridized carbons (Fsp3) is 0.600. The molecule has 1 atom stereocenters. The molecule has 3 aliphatic rings. The number of benzene rings is 1. The SMILES string of the molecule is Cn1c(=O)n(C2CCC(=O)NC2=O)c2ccc(C3CCN(C4CCC(C(=O)O)CC4)CC3)cc21. The Kier molecular flexibility index (Phi) is 6.06. The highest BCUT2D eigenvalue weighted by molar-refractivity contribution is 6.00. The van der Waals surface area contributed by atoms with Gasteiger partial charge < -0.3 is 10.0 Å². The molecule has 2 saturated heterocycles. The Balaban J connectivity index is 1.30. The summed E-state index contributed by atoms with van der Waals surface area (Å²) >= 11 is 0. The van der Waals surface area contributed by atoms with Gasteiger partial charge in [-0.15, -0.1) is 0 Å². The van der Waals surface area contributed by atoms with E-state index < -0.39 is 17.9 Å². The molecule has 3 fully saturated rings. The van der Waals surface area contributed by atoms with Crippen molar-refractivity contribution in [3.63, 3.8) is 0 Å². The van der Waals surface area contributed by atoms with E-state index in [0.717, 1.165) is 62.6 Å². The van der Waals surface area contributed by atoms with Crippen LogP contribution in [0.2, 0.25) is 0 Å². The normalized spacial score (nSPS) is 27.1. The summed E-state index contributed by atoms with van der Waals surface area (Å²) in [6.07, 6.45) is 6.10. The molecule has 2 amide bonds. The lowest BCUT2D eigenvalue weighted by Gasteiger charge is -2.40. The van der Waals surface area contributed by atoms with Crippen LogP contribution in [0, 0.1) is 5.92 Å². The van der Waals surface area contributed by atoms with Crippen LogP contribution < -0.4 is 11.0 Å². The van der Waals surface area contributed by atoms with Gasteiger partial charge >= 0.3 is 11.7 Å². The zero-order valence-electron chi connectivity index (χ0n) is 19.5. The number of imidazole rings is 1. The molecule has 2 aromatic rings. The zero-order valence-corrected chi connectivity index (χ0v) is 19.5. The third-order valence-corrected chi connectivity index (χ3v) is 8.20. The average molecular weight is 469 g/mol. The Morgan fingerprint density at radius 1 is 0.971 bits per heavy atom. The molecule has 2 aliphatic heterocycles. The van der Waals surface area contributed by atoms with Gasteiger partial charge in [-0.25, -0.2) is 4.79 Å². The first kappa shape index (κ1) is 22.8. The van der Waals surface area contributed by atoms with Crippen molar-refractivity contribution in [2.45, 2.75) is 69.4 Å². The molecule has 0 spiro atoms. The van der Waals surface area contributed by atoms with Crippen molar-refractivity contribution in [3.05, 3.63) is 34.2 Å². The minimum Gasteiger partial charge on any atom is -0.481 e. The summed E-state index contributed by atoms with van der Waals surface area (Å²) in [5.74, 6) is -1.14. The molecule has 1 aromatic carbocycles. The molecule has 0 radical (unpaired) electrons. The molecule has 5 rings (SSSR count). The van der Waals surface area contributed by atoms with Crippen molar-refractivity contribution in [1.29, 1.82) is 0 Å². The number of carbonyl (C=O) groups excluding carboxylic acids is 2. The Bertz CT molecular complexity index is 1180. The van der Waals surface area contributed by atoms with Crippen LogP contribution in [0.25, 0.3) is 11.0 Å². The maximum absolute atomic E-state index is 13.0. The number of amides is 2. The predicted octanol–water partition coefficient (Wildman–Crippen LogP) is 2.14. The van der Waals surface area contributed by atoms with Gasteiger partial charge in [-0.1, -0.05) is 6.07 Å². The number of carboxylic acids is 1. The van der Waals surface area contributed by atoms with Gasteiger partial charge in [-0.05, 0) is 81.6 Å². The number of likely N-dealkylation sites (tertiary alicyclic amines) is 1. The molecule has 34 heavy (non-hydrogen) atoms. The number of carbonyl (C=O) groups is 3. The first-order valence-electron chi connectivity index (χ1n) is 12.3. The number of aliphatic carboxylic acids is 1. The van der Waals surface area contributed by atoms with Gasteiger partial charge in [0.05, 0.1) is 17.0 Å². The lowest BCUT2D eigenvalue weighted by molar-refractivity contribution is -0.143. The molecule has 1 aliphatic carbocycles. The number of aromatic nitrogens is 2. The topological polar surface area (TPSA) is 114 Å². The number of rotatable bonds is 4. The van der Waals surface area contributed by atoms with E-state index >= 15 is 0 Å². The smallest absolute Gasteiger partial charge is 0.329 e. The molecule has 1 saturated carbocycles. The van der Waals surface area contributed by atoms with Crippen LogP contribution >= 0.6 is 0 Å². The second kappa shape index (κ2) is 9.02. The summed E-state index contributed by atoms with van der Waals surface area (Å²) in [7, 11) is 1.73. The lowest BCUT2D eigenvalue weighted by atomic mass is 9.83. The molecule has 3 heterocycles. The Hall–Kier alpha value is -2.94. The summed E-state index contributed by atoms with van der Waals surface area (Å²) in [5.41, 5.74) is 2.49. The standard InChI is InChI=1S/C25H32N4O5/c1-27-21-14-17(4-7-19(21)29(25(27)34)20-8-9-22(30)26-23(20)31)15-10-12-28(13-11-15)18-5-2-16(3-6-18)24(32)33/h4,7,14-16,18,20H,2-3,5-6,8-13H2,1H3,(H,32,33)(H,26,30,31). The lowest BCUT2D eigenvalue weighted by Crippen LogP contribution is -2.44. The van der Waals surface area contributed by atoms with Crippen molar-refractivity contribution in [2.75, 3.05) is 13.1 Å². The predicted molar refractivity (Wildman–Crippen MR) is 126 cm³/mol. The van der Waals surface area contributed by atoms with Crippen molar-refractivity contribution in [1.82, 2.24) is 19.4 Å². The molecular weight excluding hydrogens is 436 g/mol. The van der Waals surface area contributed by atoms with Gasteiger partial charge in [-0.3, -0.25) is 28.8 Å². The van der Waals surface area contributed by atoms with Crippen LogP contribution in [0.15, 0.2) is 23.0 Å².